The zero-order chi connectivity index (χ0) is 20.9. The molecule has 0 heterocycles. The van der Waals surface area contributed by atoms with Gasteiger partial charge in [0.1, 0.15) is 5.75 Å². The van der Waals surface area contributed by atoms with Crippen molar-refractivity contribution in [1.82, 2.24) is 4.90 Å². The van der Waals surface area contributed by atoms with Crippen LogP contribution in [0.5, 0.6) is 5.75 Å². The van der Waals surface area contributed by atoms with E-state index in [1.807, 2.05) is 30.3 Å². The van der Waals surface area contributed by atoms with Crippen molar-refractivity contribution < 1.29 is 17.9 Å². The maximum atomic E-state index is 12.6. The molecule has 0 aliphatic heterocycles. The largest absolute Gasteiger partial charge is 0.497 e. The third-order valence-electron chi connectivity index (χ3n) is 4.34. The van der Waals surface area contributed by atoms with Gasteiger partial charge < -0.3 is 9.64 Å². The van der Waals surface area contributed by atoms with E-state index in [2.05, 4.69) is 4.72 Å². The minimum atomic E-state index is -3.78. The average Bonchev–Trinajstić information content (AvgIpc) is 2.74. The van der Waals surface area contributed by atoms with Crippen molar-refractivity contribution in [2.24, 2.45) is 0 Å². The second-order valence-corrected chi connectivity index (χ2v) is 8.19. The molecular formula is C22H22N2O4S. The lowest BCUT2D eigenvalue weighted by Gasteiger charge is -2.17. The Hall–Kier alpha value is -3.32. The number of nitrogens with one attached hydrogen (secondary N) is 1. The summed E-state index contributed by atoms with van der Waals surface area (Å²) >= 11 is 0. The third-order valence-corrected chi connectivity index (χ3v) is 5.74. The van der Waals surface area contributed by atoms with Crippen LogP contribution < -0.4 is 9.46 Å². The number of methoxy groups -OCH3 is 1. The second-order valence-electron chi connectivity index (χ2n) is 6.51. The summed E-state index contributed by atoms with van der Waals surface area (Å²) in [7, 11) is -0.555. The van der Waals surface area contributed by atoms with Crippen molar-refractivity contribution in [2.45, 2.75) is 11.4 Å². The number of hydrogen-bond acceptors (Lipinski definition) is 4. The zero-order valence-electron chi connectivity index (χ0n) is 16.2. The van der Waals surface area contributed by atoms with E-state index in [0.717, 1.165) is 5.56 Å². The summed E-state index contributed by atoms with van der Waals surface area (Å²) < 4.78 is 32.8. The van der Waals surface area contributed by atoms with Crippen molar-refractivity contribution >= 4 is 21.6 Å². The van der Waals surface area contributed by atoms with E-state index in [1.54, 1.807) is 36.2 Å². The lowest BCUT2D eigenvalue weighted by Crippen LogP contribution is -2.26. The molecule has 0 aliphatic carbocycles. The predicted octanol–water partition coefficient (Wildman–Crippen LogP) is 3.77. The summed E-state index contributed by atoms with van der Waals surface area (Å²) in [6.07, 6.45) is 0. The highest BCUT2D eigenvalue weighted by atomic mass is 32.2. The van der Waals surface area contributed by atoms with Gasteiger partial charge in [0.2, 0.25) is 0 Å². The fourth-order valence-corrected chi connectivity index (χ4v) is 3.88. The first-order valence-corrected chi connectivity index (χ1v) is 10.4. The smallest absolute Gasteiger partial charge is 0.261 e. The van der Waals surface area contributed by atoms with Gasteiger partial charge in [-0.3, -0.25) is 9.52 Å². The van der Waals surface area contributed by atoms with Gasteiger partial charge in [-0.15, -0.1) is 0 Å². The molecular weight excluding hydrogens is 388 g/mol. The van der Waals surface area contributed by atoms with Crippen LogP contribution in [-0.2, 0) is 16.6 Å². The van der Waals surface area contributed by atoms with Crippen LogP contribution in [0.25, 0.3) is 0 Å². The van der Waals surface area contributed by atoms with Crippen LogP contribution in [0.4, 0.5) is 5.69 Å². The van der Waals surface area contributed by atoms with Gasteiger partial charge in [0.15, 0.2) is 0 Å². The zero-order valence-corrected chi connectivity index (χ0v) is 17.0. The first-order valence-electron chi connectivity index (χ1n) is 8.95. The Morgan fingerprint density at radius 3 is 2.31 bits per heavy atom. The molecule has 1 amide bonds. The lowest BCUT2D eigenvalue weighted by atomic mass is 10.1. The lowest BCUT2D eigenvalue weighted by molar-refractivity contribution is 0.0785. The van der Waals surface area contributed by atoms with Crippen LogP contribution >= 0.6 is 0 Å². The Morgan fingerprint density at radius 2 is 1.66 bits per heavy atom. The molecule has 29 heavy (non-hydrogen) atoms. The fraction of sp³-hybridized carbons (Fsp3) is 0.136. The molecule has 0 aromatic heterocycles. The number of ether oxygens (including phenoxy) is 1. The van der Waals surface area contributed by atoms with E-state index in [9.17, 15) is 13.2 Å². The van der Waals surface area contributed by atoms with E-state index in [0.29, 0.717) is 23.5 Å². The molecule has 0 fully saturated rings. The number of carbonyl (C=O) groups is 1. The summed E-state index contributed by atoms with van der Waals surface area (Å²) in [6, 6.07) is 22.2. The quantitative estimate of drug-likeness (QED) is 0.643. The number of benzene rings is 3. The molecule has 0 aliphatic rings. The standard InChI is InChI=1S/C22H22N2O4S/c1-24(16-17-7-4-3-5-8-17)22(25)18-11-13-21(14-12-18)29(26,27)23-19-9-6-10-20(15-19)28-2/h3-15,23H,16H2,1-2H3. The van der Waals surface area contributed by atoms with Crippen LogP contribution in [-0.4, -0.2) is 33.4 Å². The van der Waals surface area contributed by atoms with Crippen LogP contribution in [0.3, 0.4) is 0 Å². The summed E-state index contributed by atoms with van der Waals surface area (Å²) in [6.45, 7) is 0.469. The maximum absolute atomic E-state index is 12.6. The predicted molar refractivity (Wildman–Crippen MR) is 112 cm³/mol. The minimum Gasteiger partial charge on any atom is -0.497 e. The van der Waals surface area contributed by atoms with E-state index < -0.39 is 10.0 Å². The van der Waals surface area contributed by atoms with Gasteiger partial charge >= 0.3 is 0 Å². The van der Waals surface area contributed by atoms with Gasteiger partial charge in [0, 0.05) is 25.2 Å². The van der Waals surface area contributed by atoms with Gasteiger partial charge in [-0.1, -0.05) is 36.4 Å². The van der Waals surface area contributed by atoms with Crippen molar-refractivity contribution in [2.75, 3.05) is 18.9 Å². The Morgan fingerprint density at radius 1 is 0.966 bits per heavy atom. The van der Waals surface area contributed by atoms with Gasteiger partial charge in [-0.2, -0.15) is 0 Å². The number of carbonyl (C=O) groups excluding carboxylic acids is 1. The molecule has 3 aromatic rings. The Bertz CT molecular complexity index is 1080. The molecule has 7 heteroatoms. The van der Waals surface area contributed by atoms with Gasteiger partial charge in [-0.25, -0.2) is 8.42 Å². The molecule has 3 aromatic carbocycles. The minimum absolute atomic E-state index is 0.0718. The SMILES string of the molecule is COc1cccc(NS(=O)(=O)c2ccc(C(=O)N(C)Cc3ccccc3)cc2)c1. The van der Waals surface area contributed by atoms with Crippen molar-refractivity contribution in [3.05, 3.63) is 90.0 Å². The Labute approximate surface area is 170 Å². The first kappa shape index (κ1) is 20.4. The normalized spacial score (nSPS) is 11.0. The molecule has 0 saturated carbocycles. The van der Waals surface area contributed by atoms with Gasteiger partial charge in [-0.05, 0) is 42.0 Å². The highest BCUT2D eigenvalue weighted by molar-refractivity contribution is 7.92. The molecule has 1 N–H and O–H groups in total. The van der Waals surface area contributed by atoms with Crippen LogP contribution in [0.1, 0.15) is 15.9 Å². The average molecular weight is 410 g/mol. The highest BCUT2D eigenvalue weighted by Gasteiger charge is 2.17. The van der Waals surface area contributed by atoms with Crippen molar-refractivity contribution in [3.63, 3.8) is 0 Å². The Kier molecular flexibility index (Phi) is 6.19. The molecule has 0 unspecified atom stereocenters. The monoisotopic (exact) mass is 410 g/mol. The number of amides is 1. The first-order chi connectivity index (χ1) is 13.9. The van der Waals surface area contributed by atoms with Gasteiger partial charge in [0.05, 0.1) is 17.7 Å². The van der Waals surface area contributed by atoms with Crippen molar-refractivity contribution in [3.8, 4) is 5.75 Å². The summed E-state index contributed by atoms with van der Waals surface area (Å²) in [4.78, 5) is 14.3. The number of sulfonamides is 1. The topological polar surface area (TPSA) is 75.7 Å². The molecule has 0 bridgehead atoms. The summed E-state index contributed by atoms with van der Waals surface area (Å²) in [5.41, 5.74) is 1.83. The summed E-state index contributed by atoms with van der Waals surface area (Å²) in [5, 5.41) is 0. The van der Waals surface area contributed by atoms with Crippen molar-refractivity contribution in [1.29, 1.82) is 0 Å². The number of hydrogen-bond donors (Lipinski definition) is 1. The molecule has 0 saturated heterocycles. The van der Waals surface area contributed by atoms with E-state index in [4.69, 9.17) is 4.74 Å². The van der Waals surface area contributed by atoms with Crippen LogP contribution in [0.15, 0.2) is 83.8 Å². The number of anilines is 1. The van der Waals surface area contributed by atoms with E-state index in [-0.39, 0.29) is 10.8 Å². The molecule has 6 nitrogen and oxygen atoms in total. The van der Waals surface area contributed by atoms with E-state index >= 15 is 0 Å². The third kappa shape index (κ3) is 5.14. The van der Waals surface area contributed by atoms with Gasteiger partial charge in [0.25, 0.3) is 15.9 Å². The molecule has 150 valence electrons. The highest BCUT2D eigenvalue weighted by Crippen LogP contribution is 2.21. The van der Waals surface area contributed by atoms with Crippen LogP contribution in [0.2, 0.25) is 0 Å². The molecule has 0 atom stereocenters. The summed E-state index contributed by atoms with van der Waals surface area (Å²) in [5.74, 6) is 0.367. The Balaban J connectivity index is 1.72. The maximum Gasteiger partial charge on any atom is 0.261 e. The fourth-order valence-electron chi connectivity index (χ4n) is 2.83. The van der Waals surface area contributed by atoms with E-state index in [1.165, 1.54) is 31.4 Å². The number of rotatable bonds is 7. The molecule has 0 spiro atoms. The van der Waals surface area contributed by atoms with Crippen LogP contribution in [0, 0.1) is 0 Å². The number of nitrogens with zero attached hydrogens (tertiary/aromatic N) is 1. The molecule has 3 rings (SSSR count). The second kappa shape index (κ2) is 8.79. The molecule has 0 radical (unpaired) electrons.